The van der Waals surface area contributed by atoms with Crippen LogP contribution in [-0.4, -0.2) is 36.8 Å². The lowest BCUT2D eigenvalue weighted by molar-refractivity contribution is -0.388. The molecular weight excluding hydrogens is 349 g/mol. The average Bonchev–Trinajstić information content (AvgIpc) is 2.47. The summed E-state index contributed by atoms with van der Waals surface area (Å²) < 4.78 is 40.7. The Labute approximate surface area is 140 Å². The van der Waals surface area contributed by atoms with E-state index in [1.54, 1.807) is 0 Å². The SMILES string of the molecule is Cl.NCCC1CCCCN1S(=O)(=O)c1c(F)cccc1[N+](=O)[O-]. The highest BCUT2D eigenvalue weighted by atomic mass is 35.5. The van der Waals surface area contributed by atoms with Crippen LogP contribution in [0.1, 0.15) is 25.7 Å². The molecule has 130 valence electrons. The van der Waals surface area contributed by atoms with Crippen molar-refractivity contribution in [1.29, 1.82) is 0 Å². The number of nitrogens with two attached hydrogens (primary N) is 1. The zero-order valence-electron chi connectivity index (χ0n) is 12.4. The number of rotatable bonds is 5. The zero-order chi connectivity index (χ0) is 16.3. The molecule has 0 aliphatic carbocycles. The summed E-state index contributed by atoms with van der Waals surface area (Å²) in [5.41, 5.74) is 4.77. The van der Waals surface area contributed by atoms with E-state index in [2.05, 4.69) is 0 Å². The molecule has 0 radical (unpaired) electrons. The number of nitrogens with zero attached hydrogens (tertiary/aromatic N) is 2. The fraction of sp³-hybridized carbons (Fsp3) is 0.538. The van der Waals surface area contributed by atoms with Crippen LogP contribution >= 0.6 is 12.4 Å². The van der Waals surface area contributed by atoms with Gasteiger partial charge in [-0.15, -0.1) is 12.4 Å². The standard InChI is InChI=1S/C13H18FN3O4S.ClH/c14-11-5-3-6-12(17(18)19)13(11)22(20,21)16-9-2-1-4-10(16)7-8-15;/h3,5-6,10H,1-2,4,7-9,15H2;1H. The van der Waals surface area contributed by atoms with Crippen molar-refractivity contribution in [3.63, 3.8) is 0 Å². The molecule has 0 amide bonds. The molecule has 1 aliphatic heterocycles. The number of nitro groups is 1. The first-order chi connectivity index (χ1) is 10.4. The predicted molar refractivity (Wildman–Crippen MR) is 85.5 cm³/mol. The zero-order valence-corrected chi connectivity index (χ0v) is 14.0. The maximum absolute atomic E-state index is 14.0. The second-order valence-electron chi connectivity index (χ2n) is 5.19. The fourth-order valence-electron chi connectivity index (χ4n) is 2.79. The monoisotopic (exact) mass is 367 g/mol. The van der Waals surface area contributed by atoms with Crippen LogP contribution in [0.25, 0.3) is 0 Å². The Bertz CT molecular complexity index is 669. The molecule has 1 aromatic carbocycles. The topological polar surface area (TPSA) is 107 Å². The largest absolute Gasteiger partial charge is 0.330 e. The molecule has 2 rings (SSSR count). The molecule has 0 bridgehead atoms. The third-order valence-electron chi connectivity index (χ3n) is 3.78. The van der Waals surface area contributed by atoms with Gasteiger partial charge in [0.1, 0.15) is 5.82 Å². The summed E-state index contributed by atoms with van der Waals surface area (Å²) >= 11 is 0. The van der Waals surface area contributed by atoms with E-state index in [0.717, 1.165) is 28.9 Å². The first-order valence-electron chi connectivity index (χ1n) is 7.04. The first-order valence-corrected chi connectivity index (χ1v) is 8.48. The maximum Gasteiger partial charge on any atom is 0.292 e. The summed E-state index contributed by atoms with van der Waals surface area (Å²) in [4.78, 5) is 9.31. The van der Waals surface area contributed by atoms with Gasteiger partial charge in [-0.2, -0.15) is 4.31 Å². The van der Waals surface area contributed by atoms with Gasteiger partial charge < -0.3 is 5.73 Å². The van der Waals surface area contributed by atoms with Crippen LogP contribution in [0.5, 0.6) is 0 Å². The molecule has 1 saturated heterocycles. The summed E-state index contributed by atoms with van der Waals surface area (Å²) in [6.07, 6.45) is 2.57. The average molecular weight is 368 g/mol. The summed E-state index contributed by atoms with van der Waals surface area (Å²) in [5.74, 6) is -1.11. The molecule has 1 unspecified atom stereocenters. The molecule has 0 spiro atoms. The third kappa shape index (κ3) is 3.97. The number of sulfonamides is 1. The van der Waals surface area contributed by atoms with Gasteiger partial charge in [0.15, 0.2) is 4.90 Å². The quantitative estimate of drug-likeness (QED) is 0.633. The van der Waals surface area contributed by atoms with Crippen LogP contribution in [0.4, 0.5) is 10.1 Å². The second-order valence-corrected chi connectivity index (χ2v) is 7.02. The van der Waals surface area contributed by atoms with Gasteiger partial charge in [-0.25, -0.2) is 12.8 Å². The van der Waals surface area contributed by atoms with E-state index in [-0.39, 0.29) is 25.0 Å². The molecule has 2 N–H and O–H groups in total. The maximum atomic E-state index is 14.0. The molecule has 1 aromatic rings. The Morgan fingerprint density at radius 2 is 2.09 bits per heavy atom. The van der Waals surface area contributed by atoms with Crippen LogP contribution in [0.15, 0.2) is 23.1 Å². The molecule has 7 nitrogen and oxygen atoms in total. The van der Waals surface area contributed by atoms with Crippen molar-refractivity contribution in [2.24, 2.45) is 5.73 Å². The molecule has 23 heavy (non-hydrogen) atoms. The van der Waals surface area contributed by atoms with Crippen LogP contribution < -0.4 is 5.73 Å². The Morgan fingerprint density at radius 3 is 2.70 bits per heavy atom. The van der Waals surface area contributed by atoms with Crippen molar-refractivity contribution < 1.29 is 17.7 Å². The minimum atomic E-state index is -4.28. The van der Waals surface area contributed by atoms with Crippen molar-refractivity contribution >= 4 is 28.1 Å². The highest BCUT2D eigenvalue weighted by Crippen LogP contribution is 2.33. The van der Waals surface area contributed by atoms with Gasteiger partial charge in [-0.1, -0.05) is 12.5 Å². The highest BCUT2D eigenvalue weighted by molar-refractivity contribution is 7.89. The minimum Gasteiger partial charge on any atom is -0.330 e. The Hall–Kier alpha value is -1.29. The van der Waals surface area contributed by atoms with Crippen LogP contribution in [-0.2, 0) is 10.0 Å². The van der Waals surface area contributed by atoms with Gasteiger partial charge >= 0.3 is 0 Å². The lowest BCUT2D eigenvalue weighted by atomic mass is 10.0. The number of halogens is 2. The Kier molecular flexibility index (Phi) is 6.87. The van der Waals surface area contributed by atoms with Crippen molar-refractivity contribution in [1.82, 2.24) is 4.31 Å². The van der Waals surface area contributed by atoms with E-state index in [4.69, 9.17) is 5.73 Å². The normalized spacial score (nSPS) is 19.1. The number of nitro benzene ring substituents is 1. The Morgan fingerprint density at radius 1 is 1.39 bits per heavy atom. The van der Waals surface area contributed by atoms with Gasteiger partial charge in [0.2, 0.25) is 0 Å². The fourth-order valence-corrected chi connectivity index (χ4v) is 4.71. The summed E-state index contributed by atoms with van der Waals surface area (Å²) in [5, 5.41) is 11.0. The highest BCUT2D eigenvalue weighted by Gasteiger charge is 2.39. The van der Waals surface area contributed by atoms with Gasteiger partial charge in [0.05, 0.1) is 4.92 Å². The summed E-state index contributed by atoms with van der Waals surface area (Å²) in [6, 6.07) is 2.70. The van der Waals surface area contributed by atoms with Crippen molar-refractivity contribution in [3.05, 3.63) is 34.1 Å². The van der Waals surface area contributed by atoms with Crippen LogP contribution in [0, 0.1) is 15.9 Å². The number of hydrogen-bond donors (Lipinski definition) is 1. The van der Waals surface area contributed by atoms with Gasteiger partial charge in [0.25, 0.3) is 15.7 Å². The van der Waals surface area contributed by atoms with Crippen molar-refractivity contribution in [2.75, 3.05) is 13.1 Å². The molecule has 10 heteroatoms. The van der Waals surface area contributed by atoms with Gasteiger partial charge in [-0.3, -0.25) is 10.1 Å². The van der Waals surface area contributed by atoms with E-state index >= 15 is 0 Å². The summed E-state index contributed by atoms with van der Waals surface area (Å²) in [7, 11) is -4.28. The van der Waals surface area contributed by atoms with E-state index in [1.165, 1.54) is 0 Å². The molecule has 1 atom stereocenters. The molecular formula is C13H19ClFN3O4S. The molecule has 1 aliphatic rings. The van der Waals surface area contributed by atoms with Crippen molar-refractivity contribution in [3.8, 4) is 0 Å². The second kappa shape index (κ2) is 8.00. The smallest absolute Gasteiger partial charge is 0.292 e. The summed E-state index contributed by atoms with van der Waals surface area (Å²) in [6.45, 7) is 0.522. The number of hydrogen-bond acceptors (Lipinski definition) is 5. The van der Waals surface area contributed by atoms with Gasteiger partial charge in [0, 0.05) is 18.7 Å². The number of piperidine rings is 1. The predicted octanol–water partition coefficient (Wildman–Crippen LogP) is 2.05. The van der Waals surface area contributed by atoms with E-state index < -0.39 is 31.3 Å². The molecule has 1 fully saturated rings. The van der Waals surface area contributed by atoms with E-state index in [9.17, 15) is 22.9 Å². The number of benzene rings is 1. The molecule has 1 heterocycles. The van der Waals surface area contributed by atoms with Crippen LogP contribution in [0.2, 0.25) is 0 Å². The third-order valence-corrected chi connectivity index (χ3v) is 5.80. The molecule has 0 saturated carbocycles. The Balaban J connectivity index is 0.00000264. The van der Waals surface area contributed by atoms with Gasteiger partial charge in [-0.05, 0) is 31.9 Å². The lowest BCUT2D eigenvalue weighted by Crippen LogP contribution is -2.44. The van der Waals surface area contributed by atoms with Crippen molar-refractivity contribution in [2.45, 2.75) is 36.6 Å². The van der Waals surface area contributed by atoms with Crippen LogP contribution in [0.3, 0.4) is 0 Å². The minimum absolute atomic E-state index is 0. The molecule has 0 aromatic heterocycles. The first kappa shape index (κ1) is 19.8. The van der Waals surface area contributed by atoms with E-state index in [1.807, 2.05) is 0 Å². The lowest BCUT2D eigenvalue weighted by Gasteiger charge is -2.34. The van der Waals surface area contributed by atoms with E-state index in [0.29, 0.717) is 25.8 Å².